The Hall–Kier alpha value is -0.700. The average Bonchev–Trinajstić information content (AvgIpc) is 2.37. The van der Waals surface area contributed by atoms with Crippen molar-refractivity contribution in [2.75, 3.05) is 46.8 Å². The summed E-state index contributed by atoms with van der Waals surface area (Å²) in [5, 5.41) is 0. The van der Waals surface area contributed by atoms with Crippen molar-refractivity contribution < 1.29 is 13.2 Å². The predicted molar refractivity (Wildman–Crippen MR) is 73.6 cm³/mol. The third-order valence-corrected chi connectivity index (χ3v) is 5.34. The van der Waals surface area contributed by atoms with E-state index >= 15 is 0 Å². The predicted octanol–water partition coefficient (Wildman–Crippen LogP) is -1.08. The van der Waals surface area contributed by atoms with Gasteiger partial charge >= 0.3 is 0 Å². The van der Waals surface area contributed by atoms with Crippen molar-refractivity contribution in [1.82, 2.24) is 13.5 Å². The number of carbonyl (C=O) groups excluding carboxylic acids is 1. The summed E-state index contributed by atoms with van der Waals surface area (Å²) in [5.74, 6) is -0.0168. The van der Waals surface area contributed by atoms with Crippen molar-refractivity contribution in [3.63, 3.8) is 0 Å². The molecule has 1 aliphatic rings. The van der Waals surface area contributed by atoms with Crippen LogP contribution in [0.2, 0.25) is 0 Å². The molecule has 0 saturated carbocycles. The van der Waals surface area contributed by atoms with Crippen LogP contribution in [0.3, 0.4) is 0 Å². The Bertz CT molecular complexity index is 425. The van der Waals surface area contributed by atoms with Gasteiger partial charge in [0, 0.05) is 46.8 Å². The highest BCUT2D eigenvalue weighted by Crippen LogP contribution is 2.19. The minimum absolute atomic E-state index is 0.0168. The number of nitrogens with zero attached hydrogens (tertiary/aromatic N) is 3. The zero-order valence-electron chi connectivity index (χ0n) is 12.1. The monoisotopic (exact) mass is 292 g/mol. The van der Waals surface area contributed by atoms with E-state index < -0.39 is 15.6 Å². The summed E-state index contributed by atoms with van der Waals surface area (Å²) in [7, 11) is -0.377. The zero-order valence-corrected chi connectivity index (χ0v) is 12.9. The van der Waals surface area contributed by atoms with E-state index in [1.54, 1.807) is 18.7 Å². The van der Waals surface area contributed by atoms with E-state index in [0.717, 1.165) is 0 Å². The number of hydrogen-bond donors (Lipinski definition) is 1. The van der Waals surface area contributed by atoms with E-state index in [1.165, 1.54) is 22.7 Å². The Morgan fingerprint density at radius 1 is 1.21 bits per heavy atom. The average molecular weight is 292 g/mol. The molecule has 1 saturated heterocycles. The summed E-state index contributed by atoms with van der Waals surface area (Å²) in [6.07, 6.45) is 0. The van der Waals surface area contributed by atoms with Crippen molar-refractivity contribution in [3.8, 4) is 0 Å². The smallest absolute Gasteiger partial charge is 0.281 e. The summed E-state index contributed by atoms with van der Waals surface area (Å²) in [5.41, 5.74) is 5.00. The van der Waals surface area contributed by atoms with Gasteiger partial charge in [-0.2, -0.15) is 17.0 Å². The Balaban J connectivity index is 2.67. The van der Waals surface area contributed by atoms with E-state index in [4.69, 9.17) is 5.73 Å². The molecule has 0 bridgehead atoms. The maximum atomic E-state index is 12.2. The summed E-state index contributed by atoms with van der Waals surface area (Å²) in [6, 6.07) is 0. The van der Waals surface area contributed by atoms with Gasteiger partial charge in [-0.1, -0.05) is 0 Å². The summed E-state index contributed by atoms with van der Waals surface area (Å²) < 4.78 is 26.5. The lowest BCUT2D eigenvalue weighted by atomic mass is 9.91. The fraction of sp³-hybridized carbons (Fsp3) is 0.909. The molecule has 1 heterocycles. The molecule has 7 nitrogen and oxygen atoms in total. The maximum absolute atomic E-state index is 12.2. The van der Waals surface area contributed by atoms with Crippen LogP contribution in [-0.2, 0) is 15.0 Å². The number of rotatable bonds is 4. The first-order chi connectivity index (χ1) is 8.63. The molecule has 0 spiro atoms. The summed E-state index contributed by atoms with van der Waals surface area (Å²) in [4.78, 5) is 13.9. The molecular formula is C11H24N4O3S. The van der Waals surface area contributed by atoms with Gasteiger partial charge < -0.3 is 10.6 Å². The molecule has 2 N–H and O–H groups in total. The highest BCUT2D eigenvalue weighted by atomic mass is 32.2. The van der Waals surface area contributed by atoms with Crippen LogP contribution in [0.15, 0.2) is 0 Å². The lowest BCUT2D eigenvalue weighted by Crippen LogP contribution is -2.56. The van der Waals surface area contributed by atoms with Crippen molar-refractivity contribution in [2.24, 2.45) is 11.1 Å². The van der Waals surface area contributed by atoms with Gasteiger partial charge in [0.1, 0.15) is 0 Å². The molecule has 0 aromatic carbocycles. The summed E-state index contributed by atoms with van der Waals surface area (Å²) >= 11 is 0. The third kappa shape index (κ3) is 3.44. The van der Waals surface area contributed by atoms with Crippen molar-refractivity contribution in [1.29, 1.82) is 0 Å². The molecule has 0 atom stereocenters. The number of piperazine rings is 1. The second-order valence-corrected chi connectivity index (χ2v) is 7.71. The van der Waals surface area contributed by atoms with Crippen molar-refractivity contribution >= 4 is 16.1 Å². The van der Waals surface area contributed by atoms with Crippen molar-refractivity contribution in [2.45, 2.75) is 13.8 Å². The Morgan fingerprint density at radius 2 is 1.68 bits per heavy atom. The molecule has 0 aliphatic carbocycles. The normalized spacial score (nSPS) is 18.9. The molecular weight excluding hydrogens is 268 g/mol. The first kappa shape index (κ1) is 16.4. The van der Waals surface area contributed by atoms with Gasteiger partial charge in [0.05, 0.1) is 5.41 Å². The van der Waals surface area contributed by atoms with Crippen LogP contribution in [0.25, 0.3) is 0 Å². The van der Waals surface area contributed by atoms with Crippen LogP contribution in [0.4, 0.5) is 0 Å². The van der Waals surface area contributed by atoms with E-state index in [2.05, 4.69) is 0 Å². The van der Waals surface area contributed by atoms with Gasteiger partial charge in [-0.15, -0.1) is 0 Å². The van der Waals surface area contributed by atoms with Crippen LogP contribution in [-0.4, -0.2) is 74.7 Å². The lowest BCUT2D eigenvalue weighted by molar-refractivity contribution is -0.141. The molecule has 1 fully saturated rings. The number of amides is 1. The minimum Gasteiger partial charge on any atom is -0.340 e. The molecule has 0 aromatic rings. The first-order valence-electron chi connectivity index (χ1n) is 6.30. The van der Waals surface area contributed by atoms with Gasteiger partial charge in [0.2, 0.25) is 5.91 Å². The molecule has 1 aliphatic heterocycles. The second kappa shape index (κ2) is 5.74. The zero-order chi connectivity index (χ0) is 14.8. The standard InChI is InChI=1S/C11H24N4O3S/c1-11(2,9-12)10(16)14-5-7-15(8-6-14)19(17,18)13(3)4/h5-9,12H2,1-4H3. The van der Waals surface area contributed by atoms with E-state index in [9.17, 15) is 13.2 Å². The fourth-order valence-corrected chi connectivity index (χ4v) is 2.95. The van der Waals surface area contributed by atoms with Gasteiger partial charge in [-0.25, -0.2) is 0 Å². The van der Waals surface area contributed by atoms with Crippen LogP contribution < -0.4 is 5.73 Å². The minimum atomic E-state index is -3.39. The number of nitrogens with two attached hydrogens (primary N) is 1. The van der Waals surface area contributed by atoms with Gasteiger partial charge in [0.15, 0.2) is 0 Å². The van der Waals surface area contributed by atoms with Gasteiger partial charge in [-0.3, -0.25) is 4.79 Å². The fourth-order valence-electron chi connectivity index (χ4n) is 1.87. The Kier molecular flexibility index (Phi) is 4.94. The van der Waals surface area contributed by atoms with Crippen molar-refractivity contribution in [3.05, 3.63) is 0 Å². The van der Waals surface area contributed by atoms with E-state index in [-0.39, 0.29) is 12.5 Å². The third-order valence-electron chi connectivity index (χ3n) is 3.40. The van der Waals surface area contributed by atoms with Crippen LogP contribution in [0, 0.1) is 5.41 Å². The van der Waals surface area contributed by atoms with Gasteiger partial charge in [-0.05, 0) is 13.8 Å². The highest BCUT2D eigenvalue weighted by Gasteiger charge is 2.35. The topological polar surface area (TPSA) is 87.0 Å². The summed E-state index contributed by atoms with van der Waals surface area (Å²) in [6.45, 7) is 5.36. The molecule has 1 rings (SSSR count). The Labute approximate surface area is 115 Å². The van der Waals surface area contributed by atoms with Crippen LogP contribution >= 0.6 is 0 Å². The molecule has 0 unspecified atom stereocenters. The number of hydrogen-bond acceptors (Lipinski definition) is 4. The maximum Gasteiger partial charge on any atom is 0.281 e. The highest BCUT2D eigenvalue weighted by molar-refractivity contribution is 7.86. The van der Waals surface area contributed by atoms with E-state index in [0.29, 0.717) is 26.2 Å². The van der Waals surface area contributed by atoms with Crippen LogP contribution in [0.5, 0.6) is 0 Å². The SMILES string of the molecule is CN(C)S(=O)(=O)N1CCN(C(=O)C(C)(C)CN)CC1. The molecule has 0 radical (unpaired) electrons. The van der Waals surface area contributed by atoms with E-state index in [1.807, 2.05) is 0 Å². The largest absolute Gasteiger partial charge is 0.340 e. The Morgan fingerprint density at radius 3 is 2.05 bits per heavy atom. The first-order valence-corrected chi connectivity index (χ1v) is 7.69. The molecule has 8 heteroatoms. The number of carbonyl (C=O) groups is 1. The molecule has 1 amide bonds. The lowest BCUT2D eigenvalue weighted by Gasteiger charge is -2.38. The van der Waals surface area contributed by atoms with Crippen LogP contribution in [0.1, 0.15) is 13.8 Å². The molecule has 19 heavy (non-hydrogen) atoms. The quantitative estimate of drug-likeness (QED) is 0.714. The molecule has 0 aromatic heterocycles. The second-order valence-electron chi connectivity index (χ2n) is 5.57. The van der Waals surface area contributed by atoms with Gasteiger partial charge in [0.25, 0.3) is 10.2 Å². The molecule has 112 valence electrons.